The molecule has 1 aliphatic carbocycles. The molecule has 1 fully saturated rings. The van der Waals surface area contributed by atoms with Crippen molar-refractivity contribution in [3.8, 4) is 0 Å². The van der Waals surface area contributed by atoms with E-state index < -0.39 is 0 Å². The molecule has 0 saturated heterocycles. The third-order valence-electron chi connectivity index (χ3n) is 3.66. The quantitative estimate of drug-likeness (QED) is 0.807. The van der Waals surface area contributed by atoms with Crippen LogP contribution in [0.25, 0.3) is 0 Å². The van der Waals surface area contributed by atoms with E-state index in [1.165, 1.54) is 5.56 Å². The van der Waals surface area contributed by atoms with Crippen LogP contribution >= 0.6 is 11.3 Å². The first-order valence-corrected chi connectivity index (χ1v) is 6.15. The normalized spacial score (nSPS) is 29.1. The predicted molar refractivity (Wildman–Crippen MR) is 63.0 cm³/mol. The topological polar surface area (TPSA) is 12.0 Å². The molecular weight excluding hydrogens is 190 g/mol. The highest BCUT2D eigenvalue weighted by molar-refractivity contribution is 7.10. The van der Waals surface area contributed by atoms with Crippen LogP contribution in [0.2, 0.25) is 0 Å². The van der Waals surface area contributed by atoms with Crippen molar-refractivity contribution in [3.63, 3.8) is 0 Å². The molecule has 14 heavy (non-hydrogen) atoms. The zero-order valence-corrected chi connectivity index (χ0v) is 10.2. The molecule has 0 radical (unpaired) electrons. The molecule has 1 nitrogen and oxygen atoms in total. The highest BCUT2D eigenvalue weighted by Crippen LogP contribution is 2.65. The monoisotopic (exact) mass is 209 g/mol. The molecule has 78 valence electrons. The van der Waals surface area contributed by atoms with Gasteiger partial charge in [0.15, 0.2) is 0 Å². The summed E-state index contributed by atoms with van der Waals surface area (Å²) in [6.07, 6.45) is 0. The SMILES string of the molecule is CNCC1C(c2sccc2C)C1(C)C. The molecule has 2 rings (SSSR count). The minimum atomic E-state index is 0.499. The van der Waals surface area contributed by atoms with Gasteiger partial charge in [0.1, 0.15) is 0 Å². The van der Waals surface area contributed by atoms with Gasteiger partial charge in [-0.1, -0.05) is 13.8 Å². The molecule has 1 aliphatic rings. The summed E-state index contributed by atoms with van der Waals surface area (Å²) in [7, 11) is 2.05. The third kappa shape index (κ3) is 1.41. The van der Waals surface area contributed by atoms with E-state index >= 15 is 0 Å². The van der Waals surface area contributed by atoms with Gasteiger partial charge in [0.25, 0.3) is 0 Å². The van der Waals surface area contributed by atoms with Crippen LogP contribution in [0.4, 0.5) is 0 Å². The minimum absolute atomic E-state index is 0.499. The molecule has 1 saturated carbocycles. The number of hydrogen-bond donors (Lipinski definition) is 1. The van der Waals surface area contributed by atoms with Crippen LogP contribution < -0.4 is 5.32 Å². The summed E-state index contributed by atoms with van der Waals surface area (Å²) >= 11 is 1.92. The molecule has 2 heteroatoms. The lowest BCUT2D eigenvalue weighted by atomic mass is 10.1. The molecule has 1 N–H and O–H groups in total. The van der Waals surface area contributed by atoms with Crippen LogP contribution in [0, 0.1) is 18.3 Å². The minimum Gasteiger partial charge on any atom is -0.319 e. The van der Waals surface area contributed by atoms with E-state index in [2.05, 4.69) is 37.5 Å². The summed E-state index contributed by atoms with van der Waals surface area (Å²) < 4.78 is 0. The molecule has 0 aromatic carbocycles. The van der Waals surface area contributed by atoms with Gasteiger partial charge in [0.2, 0.25) is 0 Å². The lowest BCUT2D eigenvalue weighted by Gasteiger charge is -2.01. The molecule has 0 spiro atoms. The van der Waals surface area contributed by atoms with Crippen LogP contribution in [0.3, 0.4) is 0 Å². The van der Waals surface area contributed by atoms with Crippen LogP contribution in [0.1, 0.15) is 30.2 Å². The molecule has 2 unspecified atom stereocenters. The Morgan fingerprint density at radius 1 is 1.50 bits per heavy atom. The highest BCUT2D eigenvalue weighted by atomic mass is 32.1. The second-order valence-corrected chi connectivity index (χ2v) is 5.88. The molecular formula is C12H19NS. The second-order valence-electron chi connectivity index (χ2n) is 4.93. The van der Waals surface area contributed by atoms with Crippen molar-refractivity contribution in [1.29, 1.82) is 0 Å². The van der Waals surface area contributed by atoms with Crippen molar-refractivity contribution < 1.29 is 0 Å². The summed E-state index contributed by atoms with van der Waals surface area (Å²) in [5.74, 6) is 1.61. The summed E-state index contributed by atoms with van der Waals surface area (Å²) in [5, 5.41) is 5.52. The van der Waals surface area contributed by atoms with Gasteiger partial charge in [-0.15, -0.1) is 11.3 Å². The predicted octanol–water partition coefficient (Wildman–Crippen LogP) is 3.02. The number of rotatable bonds is 3. The van der Waals surface area contributed by atoms with Crippen molar-refractivity contribution >= 4 is 11.3 Å². The Hall–Kier alpha value is -0.340. The average molecular weight is 209 g/mol. The number of aryl methyl sites for hydroxylation is 1. The zero-order chi connectivity index (χ0) is 10.3. The van der Waals surface area contributed by atoms with Gasteiger partial charge in [-0.25, -0.2) is 0 Å². The maximum Gasteiger partial charge on any atom is 0.0114 e. The standard InChI is InChI=1S/C12H19NS/c1-8-5-6-14-11(8)10-9(7-13-4)12(10,2)3/h5-6,9-10,13H,7H2,1-4H3. The Labute approximate surface area is 90.5 Å². The van der Waals surface area contributed by atoms with Crippen LogP contribution in [0.5, 0.6) is 0 Å². The summed E-state index contributed by atoms with van der Waals surface area (Å²) in [6, 6.07) is 2.24. The summed E-state index contributed by atoms with van der Waals surface area (Å²) in [5.41, 5.74) is 1.98. The molecule has 2 atom stereocenters. The maximum absolute atomic E-state index is 3.30. The Balaban J connectivity index is 2.18. The highest BCUT2D eigenvalue weighted by Gasteiger charge is 2.58. The smallest absolute Gasteiger partial charge is 0.0114 e. The van der Waals surface area contributed by atoms with E-state index in [9.17, 15) is 0 Å². The van der Waals surface area contributed by atoms with Gasteiger partial charge in [0, 0.05) is 10.8 Å². The van der Waals surface area contributed by atoms with Gasteiger partial charge in [-0.3, -0.25) is 0 Å². The molecule has 1 aromatic rings. The van der Waals surface area contributed by atoms with E-state index in [4.69, 9.17) is 0 Å². The van der Waals surface area contributed by atoms with Gasteiger partial charge < -0.3 is 5.32 Å². The fraction of sp³-hybridized carbons (Fsp3) is 0.667. The lowest BCUT2D eigenvalue weighted by Crippen LogP contribution is -2.12. The van der Waals surface area contributed by atoms with E-state index in [0.29, 0.717) is 5.41 Å². The van der Waals surface area contributed by atoms with Crippen molar-refractivity contribution in [3.05, 3.63) is 21.9 Å². The fourth-order valence-electron chi connectivity index (χ4n) is 2.57. The second kappa shape index (κ2) is 3.35. The van der Waals surface area contributed by atoms with Gasteiger partial charge >= 0.3 is 0 Å². The van der Waals surface area contributed by atoms with Crippen molar-refractivity contribution in [2.75, 3.05) is 13.6 Å². The molecule has 0 aliphatic heterocycles. The first-order valence-electron chi connectivity index (χ1n) is 5.27. The lowest BCUT2D eigenvalue weighted by molar-refractivity contribution is 0.537. The Bertz CT molecular complexity index is 327. The summed E-state index contributed by atoms with van der Waals surface area (Å²) in [6.45, 7) is 8.16. The number of nitrogens with one attached hydrogen (secondary N) is 1. The molecule has 0 amide bonds. The van der Waals surface area contributed by atoms with Crippen molar-refractivity contribution in [1.82, 2.24) is 5.32 Å². The number of thiophene rings is 1. The average Bonchev–Trinajstić information content (AvgIpc) is 2.46. The Morgan fingerprint density at radius 2 is 2.21 bits per heavy atom. The van der Waals surface area contributed by atoms with Gasteiger partial charge in [-0.2, -0.15) is 0 Å². The van der Waals surface area contributed by atoms with E-state index in [0.717, 1.165) is 18.4 Å². The Morgan fingerprint density at radius 3 is 2.71 bits per heavy atom. The molecule has 1 aromatic heterocycles. The van der Waals surface area contributed by atoms with Gasteiger partial charge in [0.05, 0.1) is 0 Å². The zero-order valence-electron chi connectivity index (χ0n) is 9.42. The van der Waals surface area contributed by atoms with E-state index in [1.807, 2.05) is 18.4 Å². The molecule has 0 bridgehead atoms. The first kappa shape index (κ1) is 10.2. The van der Waals surface area contributed by atoms with Crippen LogP contribution in [-0.2, 0) is 0 Å². The van der Waals surface area contributed by atoms with Crippen LogP contribution in [-0.4, -0.2) is 13.6 Å². The van der Waals surface area contributed by atoms with Crippen molar-refractivity contribution in [2.24, 2.45) is 11.3 Å². The van der Waals surface area contributed by atoms with E-state index in [1.54, 1.807) is 4.88 Å². The van der Waals surface area contributed by atoms with E-state index in [-0.39, 0.29) is 0 Å². The van der Waals surface area contributed by atoms with Gasteiger partial charge in [-0.05, 0) is 48.9 Å². The third-order valence-corrected chi connectivity index (χ3v) is 4.76. The summed E-state index contributed by atoms with van der Waals surface area (Å²) in [4.78, 5) is 1.61. The number of hydrogen-bond acceptors (Lipinski definition) is 2. The fourth-order valence-corrected chi connectivity index (χ4v) is 3.86. The van der Waals surface area contributed by atoms with Crippen LogP contribution in [0.15, 0.2) is 11.4 Å². The van der Waals surface area contributed by atoms with Crippen molar-refractivity contribution in [2.45, 2.75) is 26.7 Å². The maximum atomic E-state index is 3.30. The first-order chi connectivity index (χ1) is 6.59. The molecule has 1 heterocycles. The largest absolute Gasteiger partial charge is 0.319 e. The Kier molecular flexibility index (Phi) is 2.44.